The van der Waals surface area contributed by atoms with E-state index < -0.39 is 0 Å². The van der Waals surface area contributed by atoms with Gasteiger partial charge in [-0.05, 0) is 160 Å². The van der Waals surface area contributed by atoms with Crippen LogP contribution in [0, 0.1) is 41.4 Å². The molecule has 0 spiro atoms. The number of piperidine rings is 2. The SMILES string of the molecule is CC.CC.CC.CC.CC.CC.CC.CC(C)C1CCCCC1.CC(C)C1CCCCN1.CC(C)C1CCCNC1.CC(C)C1CCNCN1.CC(C)C1NCCCN1.CC(C)N1CCCNC1.CC(C)N1CCNCC1. The van der Waals surface area contributed by atoms with Gasteiger partial charge < -0.3 is 42.5 Å². The predicted octanol–water partition coefficient (Wildman–Crippen LogP) is 15.9. The van der Waals surface area contributed by atoms with E-state index in [2.05, 4.69) is 149 Å². The lowest BCUT2D eigenvalue weighted by molar-refractivity contribution is 0.173. The Kier molecular flexibility index (Phi) is 84.2. The minimum atomic E-state index is 0.554. The quantitative estimate of drug-likeness (QED) is 0.126. The van der Waals surface area contributed by atoms with Gasteiger partial charge in [-0.2, -0.15) is 0 Å². The van der Waals surface area contributed by atoms with Crippen LogP contribution in [0.1, 0.15) is 277 Å². The molecule has 1 aliphatic carbocycles. The number of hydrogen-bond acceptors (Lipinski definition) is 10. The van der Waals surface area contributed by atoms with E-state index in [-0.39, 0.29) is 0 Å². The lowest BCUT2D eigenvalue weighted by Crippen LogP contribution is -2.51. The van der Waals surface area contributed by atoms with Gasteiger partial charge in [0.1, 0.15) is 0 Å². The van der Waals surface area contributed by atoms with Gasteiger partial charge in [0.2, 0.25) is 0 Å². The van der Waals surface area contributed by atoms with Crippen molar-refractivity contribution < 1.29 is 0 Å². The second kappa shape index (κ2) is 71.7. The van der Waals surface area contributed by atoms with E-state index in [0.29, 0.717) is 18.1 Å². The Labute approximate surface area is 491 Å². The highest BCUT2D eigenvalue weighted by Gasteiger charge is 2.19. The molecule has 0 bridgehead atoms. The minimum Gasteiger partial charge on any atom is -0.316 e. The third-order valence-electron chi connectivity index (χ3n) is 14.4. The number of rotatable bonds is 7. The average Bonchev–Trinajstić information content (AvgIpc) is 3.51. The van der Waals surface area contributed by atoms with Crippen LogP contribution in [0.3, 0.4) is 0 Å². The van der Waals surface area contributed by atoms with Crippen molar-refractivity contribution in [1.29, 1.82) is 0 Å². The Morgan fingerprint density at radius 1 is 0.299 bits per heavy atom. The third-order valence-corrected chi connectivity index (χ3v) is 14.4. The number of hydrogen-bond donors (Lipinski definition) is 8. The van der Waals surface area contributed by atoms with Gasteiger partial charge in [0.15, 0.2) is 0 Å². The van der Waals surface area contributed by atoms with Crippen molar-refractivity contribution in [2.24, 2.45) is 41.4 Å². The van der Waals surface area contributed by atoms with Crippen molar-refractivity contribution in [2.45, 2.75) is 308 Å². The monoisotopic (exact) mass is 1100 g/mol. The van der Waals surface area contributed by atoms with Crippen molar-refractivity contribution in [2.75, 3.05) is 91.9 Å². The average molecular weight is 1100 g/mol. The first-order valence-corrected chi connectivity index (χ1v) is 34.4. The number of nitrogens with zero attached hydrogens (tertiary/aromatic N) is 2. The molecule has 0 aromatic rings. The van der Waals surface area contributed by atoms with E-state index in [0.717, 1.165) is 80.1 Å². The van der Waals surface area contributed by atoms with Gasteiger partial charge in [0, 0.05) is 70.2 Å². The van der Waals surface area contributed by atoms with Crippen LogP contribution in [0.15, 0.2) is 0 Å². The van der Waals surface area contributed by atoms with Crippen molar-refractivity contribution in [1.82, 2.24) is 52.3 Å². The molecule has 3 unspecified atom stereocenters. The van der Waals surface area contributed by atoms with E-state index in [4.69, 9.17) is 0 Å². The molecule has 6 saturated heterocycles. The molecule has 0 amide bonds. The van der Waals surface area contributed by atoms with Gasteiger partial charge in [-0.3, -0.25) is 9.80 Å². The summed E-state index contributed by atoms with van der Waals surface area (Å²) in [6.45, 7) is 76.5. The van der Waals surface area contributed by atoms with Crippen molar-refractivity contribution >= 4 is 0 Å². The van der Waals surface area contributed by atoms with Crippen LogP contribution in [0.2, 0.25) is 0 Å². The summed E-state index contributed by atoms with van der Waals surface area (Å²) in [7, 11) is 0. The Balaban J connectivity index is -0.000000143. The van der Waals surface area contributed by atoms with Crippen LogP contribution in [-0.4, -0.2) is 132 Å². The zero-order valence-electron chi connectivity index (χ0n) is 58.9. The van der Waals surface area contributed by atoms with E-state index in [1.54, 1.807) is 0 Å². The van der Waals surface area contributed by atoms with Gasteiger partial charge in [-0.1, -0.05) is 205 Å². The molecule has 0 radical (unpaired) electrons. The summed E-state index contributed by atoms with van der Waals surface area (Å²) in [5.41, 5.74) is 0. The lowest BCUT2D eigenvalue weighted by Gasteiger charge is -2.30. The molecule has 476 valence electrons. The summed E-state index contributed by atoms with van der Waals surface area (Å²) in [6.07, 6.45) is 18.9. The molecule has 6 aliphatic heterocycles. The fourth-order valence-electron chi connectivity index (χ4n) is 9.41. The fraction of sp³-hybridized carbons (Fsp3) is 1.00. The first-order chi connectivity index (χ1) is 37.1. The van der Waals surface area contributed by atoms with Gasteiger partial charge in [0.25, 0.3) is 0 Å². The molecule has 7 fully saturated rings. The molecule has 77 heavy (non-hydrogen) atoms. The van der Waals surface area contributed by atoms with Crippen LogP contribution in [0.25, 0.3) is 0 Å². The summed E-state index contributed by atoms with van der Waals surface area (Å²) in [4.78, 5) is 4.94. The van der Waals surface area contributed by atoms with E-state index in [1.807, 2.05) is 96.9 Å². The molecule has 1 saturated carbocycles. The summed E-state index contributed by atoms with van der Waals surface area (Å²) >= 11 is 0. The van der Waals surface area contributed by atoms with E-state index in [9.17, 15) is 0 Å². The maximum Gasteiger partial charge on any atom is 0.0595 e. The Hall–Kier alpha value is -0.400. The fourth-order valence-corrected chi connectivity index (χ4v) is 9.41. The Morgan fingerprint density at radius 3 is 1.03 bits per heavy atom. The van der Waals surface area contributed by atoms with E-state index in [1.165, 1.54) is 149 Å². The molecule has 8 N–H and O–H groups in total. The van der Waals surface area contributed by atoms with Crippen LogP contribution < -0.4 is 42.5 Å². The molecule has 6 heterocycles. The van der Waals surface area contributed by atoms with Gasteiger partial charge in [0.05, 0.1) is 6.17 Å². The standard InChI is InChI=1S/C9H18.2C8H17N.4C7H16N2.7C2H6/c1-8(2)9-6-4-3-5-7-9;1-7(2)8-4-3-5-9-6-8;1-7(2)8-5-3-4-6-9-8;1-7(2)9-5-3-8-4-6-9;1-6(2)7-3-4-8-5-9-7;1-7(2)9-5-3-4-8-6-9;1-6(2)7-8-4-3-5-9-7;7*1-2/h8-9H,3-7H2,1-2H3;2*7-9H,3-6H2,1-2H3;7-8H,3-6H2,1-2H3;6-9H,3-5H2,1-2H3;7-8H,3-6H2,1-2H3;6-9H,3-5H2,1-2H3;7*1-2H3. The summed E-state index contributed by atoms with van der Waals surface area (Å²) in [5, 5.41) is 27.1. The highest BCUT2D eigenvalue weighted by Crippen LogP contribution is 2.29. The van der Waals surface area contributed by atoms with Crippen molar-refractivity contribution in [3.05, 3.63) is 0 Å². The zero-order valence-corrected chi connectivity index (χ0v) is 58.9. The zero-order chi connectivity index (χ0) is 60.8. The molecule has 10 heteroatoms. The van der Waals surface area contributed by atoms with Gasteiger partial charge in [-0.15, -0.1) is 0 Å². The molecule has 0 aromatic carbocycles. The maximum absolute atomic E-state index is 3.52. The maximum atomic E-state index is 3.52. The molecule has 7 aliphatic rings. The molecule has 10 nitrogen and oxygen atoms in total. The highest BCUT2D eigenvalue weighted by molar-refractivity contribution is 4.76. The topological polar surface area (TPSA) is 103 Å². The van der Waals surface area contributed by atoms with Crippen molar-refractivity contribution in [3.63, 3.8) is 0 Å². The predicted molar refractivity (Wildman–Crippen MR) is 359 cm³/mol. The Bertz CT molecular complexity index is 736. The number of nitrogens with one attached hydrogen (secondary N) is 8. The van der Waals surface area contributed by atoms with Crippen LogP contribution in [0.5, 0.6) is 0 Å². The van der Waals surface area contributed by atoms with Crippen LogP contribution >= 0.6 is 0 Å². The van der Waals surface area contributed by atoms with Gasteiger partial charge >= 0.3 is 0 Å². The first-order valence-electron chi connectivity index (χ1n) is 34.4. The molecular weight excluding hydrogens is 945 g/mol. The highest BCUT2D eigenvalue weighted by atomic mass is 15.3. The molecule has 7 rings (SSSR count). The normalized spacial score (nSPS) is 21.5. The summed E-state index contributed by atoms with van der Waals surface area (Å²) < 4.78 is 0. The van der Waals surface area contributed by atoms with E-state index >= 15 is 0 Å². The largest absolute Gasteiger partial charge is 0.316 e. The first kappa shape index (κ1) is 90.4. The third kappa shape index (κ3) is 58.6. The summed E-state index contributed by atoms with van der Waals surface area (Å²) in [6, 6.07) is 2.98. The molecule has 3 atom stereocenters. The van der Waals surface area contributed by atoms with Crippen molar-refractivity contribution in [3.8, 4) is 0 Å². The molecular formula is C67H158N10. The molecule has 0 aromatic heterocycles. The summed E-state index contributed by atoms with van der Waals surface area (Å²) in [5.74, 6) is 6.13. The smallest absolute Gasteiger partial charge is 0.0595 e. The van der Waals surface area contributed by atoms with Gasteiger partial charge in [-0.25, -0.2) is 0 Å². The lowest BCUT2D eigenvalue weighted by atomic mass is 9.82. The number of piperazine rings is 1. The second-order valence-electron chi connectivity index (χ2n) is 22.1. The van der Waals surface area contributed by atoms with Crippen LogP contribution in [0.4, 0.5) is 0 Å². The Morgan fingerprint density at radius 2 is 0.753 bits per heavy atom. The minimum absolute atomic E-state index is 0.554. The second-order valence-corrected chi connectivity index (χ2v) is 22.1. The van der Waals surface area contributed by atoms with Crippen LogP contribution in [-0.2, 0) is 0 Å².